The van der Waals surface area contributed by atoms with Gasteiger partial charge in [-0.1, -0.05) is 48.5 Å². The lowest BCUT2D eigenvalue weighted by molar-refractivity contribution is -0.116. The van der Waals surface area contributed by atoms with Crippen LogP contribution in [-0.4, -0.2) is 12.5 Å². The molecule has 0 aromatic carbocycles. The second-order valence-electron chi connectivity index (χ2n) is 5.48. The van der Waals surface area contributed by atoms with Gasteiger partial charge >= 0.3 is 0 Å². The standard InChI is InChI=1S/C19H31NO/c1-5-6-7-8-9-10-11-15-20-19(21)16-18(4)14-12-13-17(2)3/h6-7,10-11,13,16H,5,8-9,12,14-15H2,1-4H3,(H,20,21)/b7-6-,11-10-,18-16-. The molecule has 0 saturated heterocycles. The minimum absolute atomic E-state index is 0.000212. The normalized spacial score (nSPS) is 12.1. The topological polar surface area (TPSA) is 29.1 Å². The highest BCUT2D eigenvalue weighted by molar-refractivity contribution is 5.88. The van der Waals surface area contributed by atoms with E-state index in [-0.39, 0.29) is 5.91 Å². The number of rotatable bonds is 10. The smallest absolute Gasteiger partial charge is 0.244 e. The number of nitrogens with one attached hydrogen (secondary N) is 1. The molecule has 0 heterocycles. The van der Waals surface area contributed by atoms with Crippen molar-refractivity contribution in [1.82, 2.24) is 5.32 Å². The van der Waals surface area contributed by atoms with Crippen molar-refractivity contribution in [2.75, 3.05) is 6.54 Å². The van der Waals surface area contributed by atoms with E-state index in [4.69, 9.17) is 0 Å². The highest BCUT2D eigenvalue weighted by atomic mass is 16.1. The first kappa shape index (κ1) is 19.4. The number of amides is 1. The van der Waals surface area contributed by atoms with E-state index in [1.54, 1.807) is 6.08 Å². The van der Waals surface area contributed by atoms with Gasteiger partial charge < -0.3 is 5.32 Å². The molecule has 0 unspecified atom stereocenters. The van der Waals surface area contributed by atoms with Crippen LogP contribution in [0.5, 0.6) is 0 Å². The van der Waals surface area contributed by atoms with E-state index >= 15 is 0 Å². The van der Waals surface area contributed by atoms with Gasteiger partial charge in [-0.05, 0) is 52.9 Å². The molecule has 1 amide bonds. The van der Waals surface area contributed by atoms with Crippen LogP contribution in [0.4, 0.5) is 0 Å². The molecule has 1 N–H and O–H groups in total. The molecule has 0 saturated carbocycles. The van der Waals surface area contributed by atoms with E-state index in [2.05, 4.69) is 50.4 Å². The van der Waals surface area contributed by atoms with Gasteiger partial charge in [-0.25, -0.2) is 0 Å². The highest BCUT2D eigenvalue weighted by Gasteiger charge is 1.96. The lowest BCUT2D eigenvalue weighted by atomic mass is 10.1. The third-order valence-corrected chi connectivity index (χ3v) is 2.93. The molecule has 0 rings (SSSR count). The van der Waals surface area contributed by atoms with Gasteiger partial charge in [0.1, 0.15) is 0 Å². The third kappa shape index (κ3) is 14.6. The number of hydrogen-bond acceptors (Lipinski definition) is 1. The molecule has 0 aliphatic rings. The van der Waals surface area contributed by atoms with Gasteiger partial charge in [0.15, 0.2) is 0 Å². The minimum Gasteiger partial charge on any atom is -0.349 e. The summed E-state index contributed by atoms with van der Waals surface area (Å²) in [5.74, 6) is 0.000212. The van der Waals surface area contributed by atoms with E-state index in [0.29, 0.717) is 6.54 Å². The van der Waals surface area contributed by atoms with Crippen molar-refractivity contribution in [1.29, 1.82) is 0 Å². The van der Waals surface area contributed by atoms with Crippen molar-refractivity contribution in [3.63, 3.8) is 0 Å². The van der Waals surface area contributed by atoms with E-state index in [9.17, 15) is 4.79 Å². The fraction of sp³-hybridized carbons (Fsp3) is 0.526. The molecule has 0 aromatic rings. The Bertz CT molecular complexity index is 396. The summed E-state index contributed by atoms with van der Waals surface area (Å²) in [6.45, 7) is 8.94. The Morgan fingerprint density at radius 3 is 2.24 bits per heavy atom. The molecular formula is C19H31NO. The maximum absolute atomic E-state index is 11.7. The van der Waals surface area contributed by atoms with Crippen molar-refractivity contribution in [2.45, 2.75) is 59.8 Å². The average Bonchev–Trinajstić information content (AvgIpc) is 2.41. The molecule has 0 radical (unpaired) electrons. The molecule has 2 heteroatoms. The zero-order chi connectivity index (χ0) is 15.9. The number of carbonyl (C=O) groups excluding carboxylic acids is 1. The molecule has 21 heavy (non-hydrogen) atoms. The highest BCUT2D eigenvalue weighted by Crippen LogP contribution is 2.06. The number of unbranched alkanes of at least 4 members (excludes halogenated alkanes) is 1. The van der Waals surface area contributed by atoms with Crippen LogP contribution in [0.2, 0.25) is 0 Å². The van der Waals surface area contributed by atoms with Crippen LogP contribution in [0.3, 0.4) is 0 Å². The summed E-state index contributed by atoms with van der Waals surface area (Å²) in [5.41, 5.74) is 2.45. The molecule has 0 aliphatic heterocycles. The Morgan fingerprint density at radius 2 is 1.62 bits per heavy atom. The summed E-state index contributed by atoms with van der Waals surface area (Å²) in [6.07, 6.45) is 17.6. The fourth-order valence-electron chi connectivity index (χ4n) is 1.77. The first-order valence-electron chi connectivity index (χ1n) is 7.94. The van der Waals surface area contributed by atoms with Crippen LogP contribution < -0.4 is 5.32 Å². The van der Waals surface area contributed by atoms with E-state index in [1.165, 1.54) is 5.57 Å². The van der Waals surface area contributed by atoms with Gasteiger partial charge in [-0.15, -0.1) is 0 Å². The second kappa shape index (κ2) is 13.4. The zero-order valence-corrected chi connectivity index (χ0v) is 14.1. The van der Waals surface area contributed by atoms with Crippen LogP contribution in [0.1, 0.15) is 59.8 Å². The Balaban J connectivity index is 3.80. The van der Waals surface area contributed by atoms with Gasteiger partial charge in [0.25, 0.3) is 0 Å². The van der Waals surface area contributed by atoms with Gasteiger partial charge in [0.05, 0.1) is 0 Å². The van der Waals surface area contributed by atoms with Crippen molar-refractivity contribution < 1.29 is 4.79 Å². The van der Waals surface area contributed by atoms with Crippen LogP contribution >= 0.6 is 0 Å². The van der Waals surface area contributed by atoms with Gasteiger partial charge in [0.2, 0.25) is 5.91 Å². The van der Waals surface area contributed by atoms with Crippen molar-refractivity contribution in [2.24, 2.45) is 0 Å². The Labute approximate surface area is 130 Å². The summed E-state index contributed by atoms with van der Waals surface area (Å²) in [6, 6.07) is 0. The van der Waals surface area contributed by atoms with Crippen LogP contribution in [0.25, 0.3) is 0 Å². The van der Waals surface area contributed by atoms with E-state index in [1.807, 2.05) is 13.0 Å². The van der Waals surface area contributed by atoms with E-state index < -0.39 is 0 Å². The number of hydrogen-bond donors (Lipinski definition) is 1. The second-order valence-corrected chi connectivity index (χ2v) is 5.48. The Hall–Kier alpha value is -1.57. The molecule has 118 valence electrons. The van der Waals surface area contributed by atoms with Crippen LogP contribution in [-0.2, 0) is 4.79 Å². The SMILES string of the molecule is CC/C=C\CC/C=C\CNC(=O)/C=C(/C)CCC=C(C)C. The maximum Gasteiger partial charge on any atom is 0.244 e. The molecule has 2 nitrogen and oxygen atoms in total. The molecule has 0 bridgehead atoms. The van der Waals surface area contributed by atoms with Crippen molar-refractivity contribution >= 4 is 5.91 Å². The minimum atomic E-state index is 0.000212. The molecule has 0 spiro atoms. The predicted octanol–water partition coefficient (Wildman–Crippen LogP) is 5.10. The van der Waals surface area contributed by atoms with Crippen molar-refractivity contribution in [3.8, 4) is 0 Å². The molecular weight excluding hydrogens is 258 g/mol. The molecule has 0 aromatic heterocycles. The maximum atomic E-state index is 11.7. The average molecular weight is 289 g/mol. The Morgan fingerprint density at radius 1 is 0.952 bits per heavy atom. The van der Waals surface area contributed by atoms with Crippen molar-refractivity contribution in [3.05, 3.63) is 47.6 Å². The van der Waals surface area contributed by atoms with E-state index in [0.717, 1.165) is 37.7 Å². The lowest BCUT2D eigenvalue weighted by Gasteiger charge is -2.00. The third-order valence-electron chi connectivity index (χ3n) is 2.93. The zero-order valence-electron chi connectivity index (χ0n) is 14.1. The van der Waals surface area contributed by atoms with Gasteiger partial charge in [0, 0.05) is 12.6 Å². The lowest BCUT2D eigenvalue weighted by Crippen LogP contribution is -2.21. The monoisotopic (exact) mass is 289 g/mol. The van der Waals surface area contributed by atoms with Crippen LogP contribution in [0, 0.1) is 0 Å². The molecule has 0 fully saturated rings. The number of allylic oxidation sites excluding steroid dienone is 6. The summed E-state index contributed by atoms with van der Waals surface area (Å²) in [7, 11) is 0. The van der Waals surface area contributed by atoms with Crippen LogP contribution in [0.15, 0.2) is 47.6 Å². The predicted molar refractivity (Wildman–Crippen MR) is 93.2 cm³/mol. The summed E-state index contributed by atoms with van der Waals surface area (Å²) in [4.78, 5) is 11.7. The van der Waals surface area contributed by atoms with Gasteiger partial charge in [-0.2, -0.15) is 0 Å². The number of carbonyl (C=O) groups is 1. The largest absolute Gasteiger partial charge is 0.349 e. The molecule has 0 aliphatic carbocycles. The summed E-state index contributed by atoms with van der Waals surface area (Å²) >= 11 is 0. The fourth-order valence-corrected chi connectivity index (χ4v) is 1.77. The first-order chi connectivity index (χ1) is 10.1. The first-order valence-corrected chi connectivity index (χ1v) is 7.94. The summed E-state index contributed by atoms with van der Waals surface area (Å²) < 4.78 is 0. The molecule has 0 atom stereocenters. The summed E-state index contributed by atoms with van der Waals surface area (Å²) in [5, 5.41) is 2.88. The van der Waals surface area contributed by atoms with Gasteiger partial charge in [-0.3, -0.25) is 4.79 Å². The quantitative estimate of drug-likeness (QED) is 0.338. The Kier molecular flexibility index (Phi) is 12.4.